The largest absolute Gasteiger partial charge is 0.306 e. The van der Waals surface area contributed by atoms with Crippen molar-refractivity contribution in [3.05, 3.63) is 65.5 Å². The second-order valence-electron chi connectivity index (χ2n) is 4.10. The number of pyridine rings is 1. The van der Waals surface area contributed by atoms with Crippen LogP contribution in [0.15, 0.2) is 42.7 Å². The minimum absolute atomic E-state index is 0.256. The van der Waals surface area contributed by atoms with E-state index in [2.05, 4.69) is 10.3 Å². The molecule has 0 radical (unpaired) electrons. The van der Waals surface area contributed by atoms with Gasteiger partial charge in [0.2, 0.25) is 0 Å². The molecule has 0 aliphatic carbocycles. The van der Waals surface area contributed by atoms with Crippen molar-refractivity contribution >= 4 is 0 Å². The fourth-order valence-electron chi connectivity index (χ4n) is 1.74. The number of benzene rings is 1. The summed E-state index contributed by atoms with van der Waals surface area (Å²) in [5.41, 5.74) is 1.39. The third-order valence-corrected chi connectivity index (χ3v) is 2.81. The molecule has 2 aromatic rings. The lowest BCUT2D eigenvalue weighted by molar-refractivity contribution is 0.472. The third-order valence-electron chi connectivity index (χ3n) is 2.81. The molecule has 0 aliphatic heterocycles. The zero-order chi connectivity index (χ0) is 13.0. The highest BCUT2D eigenvalue weighted by atomic mass is 19.2. The molecule has 2 rings (SSSR count). The van der Waals surface area contributed by atoms with E-state index in [1.807, 2.05) is 12.1 Å². The van der Waals surface area contributed by atoms with Gasteiger partial charge in [-0.25, -0.2) is 8.78 Å². The van der Waals surface area contributed by atoms with Crippen molar-refractivity contribution in [2.45, 2.75) is 19.5 Å². The van der Waals surface area contributed by atoms with E-state index in [4.69, 9.17) is 0 Å². The molecule has 0 spiro atoms. The van der Waals surface area contributed by atoms with Crippen molar-refractivity contribution in [1.29, 1.82) is 0 Å². The van der Waals surface area contributed by atoms with Crippen molar-refractivity contribution in [3.63, 3.8) is 0 Å². The Labute approximate surface area is 105 Å². The zero-order valence-electron chi connectivity index (χ0n) is 10.0. The average Bonchev–Trinajstić information content (AvgIpc) is 2.40. The highest BCUT2D eigenvalue weighted by molar-refractivity contribution is 5.22. The lowest BCUT2D eigenvalue weighted by Crippen LogP contribution is -2.19. The lowest BCUT2D eigenvalue weighted by Gasteiger charge is -2.15. The smallest absolute Gasteiger partial charge is 0.163 e. The van der Waals surface area contributed by atoms with Gasteiger partial charge in [-0.2, -0.15) is 0 Å². The predicted molar refractivity (Wildman–Crippen MR) is 65.8 cm³/mol. The zero-order valence-corrected chi connectivity index (χ0v) is 10.0. The van der Waals surface area contributed by atoms with Crippen LogP contribution in [0.25, 0.3) is 0 Å². The third kappa shape index (κ3) is 2.90. The molecule has 0 aliphatic rings. The Morgan fingerprint density at radius 3 is 2.61 bits per heavy atom. The molecule has 0 amide bonds. The van der Waals surface area contributed by atoms with Crippen molar-refractivity contribution < 1.29 is 8.78 Å². The molecule has 0 bridgehead atoms. The van der Waals surface area contributed by atoms with E-state index in [0.717, 1.165) is 11.6 Å². The number of nitrogens with one attached hydrogen (secondary N) is 1. The highest BCUT2D eigenvalue weighted by Crippen LogP contribution is 2.19. The summed E-state index contributed by atoms with van der Waals surface area (Å²) in [6.45, 7) is 2.39. The van der Waals surface area contributed by atoms with Gasteiger partial charge >= 0.3 is 0 Å². The van der Waals surface area contributed by atoms with Gasteiger partial charge in [0.05, 0.1) is 0 Å². The Kier molecular flexibility index (Phi) is 3.99. The van der Waals surface area contributed by atoms with Crippen LogP contribution in [0, 0.1) is 11.6 Å². The monoisotopic (exact) mass is 248 g/mol. The molecule has 1 atom stereocenters. The topological polar surface area (TPSA) is 24.9 Å². The summed E-state index contributed by atoms with van der Waals surface area (Å²) in [7, 11) is 0. The van der Waals surface area contributed by atoms with Crippen LogP contribution >= 0.6 is 0 Å². The van der Waals surface area contributed by atoms with Crippen LogP contribution in [0.2, 0.25) is 0 Å². The fraction of sp³-hybridized carbons (Fsp3) is 0.214. The van der Waals surface area contributed by atoms with Gasteiger partial charge in [0.1, 0.15) is 0 Å². The van der Waals surface area contributed by atoms with Crippen LogP contribution in [0.4, 0.5) is 8.78 Å². The molecular weight excluding hydrogens is 234 g/mol. The number of hydrogen-bond acceptors (Lipinski definition) is 2. The molecule has 94 valence electrons. The molecular formula is C14H14F2N2. The first-order chi connectivity index (χ1) is 8.68. The quantitative estimate of drug-likeness (QED) is 0.898. The molecule has 1 aromatic carbocycles. The maximum atomic E-state index is 13.6. The number of aromatic nitrogens is 1. The minimum atomic E-state index is -0.815. The van der Waals surface area contributed by atoms with Gasteiger partial charge in [-0.05, 0) is 30.7 Å². The van der Waals surface area contributed by atoms with E-state index >= 15 is 0 Å². The Morgan fingerprint density at radius 2 is 1.89 bits per heavy atom. The summed E-state index contributed by atoms with van der Waals surface area (Å²) >= 11 is 0. The first-order valence-corrected chi connectivity index (χ1v) is 5.74. The van der Waals surface area contributed by atoms with Gasteiger partial charge in [-0.15, -0.1) is 0 Å². The molecule has 1 aromatic heterocycles. The molecule has 0 saturated heterocycles. The van der Waals surface area contributed by atoms with Crippen LogP contribution < -0.4 is 5.32 Å². The Bertz CT molecular complexity index is 514. The Morgan fingerprint density at radius 1 is 1.17 bits per heavy atom. The van der Waals surface area contributed by atoms with Crippen LogP contribution in [0.1, 0.15) is 24.1 Å². The summed E-state index contributed by atoms with van der Waals surface area (Å²) in [6, 6.07) is 7.72. The van der Waals surface area contributed by atoms with Crippen LogP contribution in [-0.4, -0.2) is 4.98 Å². The molecule has 18 heavy (non-hydrogen) atoms. The van der Waals surface area contributed by atoms with Gasteiger partial charge in [0.25, 0.3) is 0 Å². The van der Waals surface area contributed by atoms with E-state index in [0.29, 0.717) is 12.1 Å². The lowest BCUT2D eigenvalue weighted by atomic mass is 10.1. The SMILES string of the molecule is CC(NCc1ccncc1)c1cccc(F)c1F. The van der Waals surface area contributed by atoms with Gasteiger partial charge in [-0.3, -0.25) is 4.98 Å². The number of hydrogen-bond donors (Lipinski definition) is 1. The normalized spacial score (nSPS) is 12.4. The Balaban J connectivity index is 2.04. The average molecular weight is 248 g/mol. The molecule has 1 heterocycles. The second kappa shape index (κ2) is 5.69. The molecule has 1 N–H and O–H groups in total. The first kappa shape index (κ1) is 12.6. The molecule has 0 fully saturated rings. The van der Waals surface area contributed by atoms with Crippen LogP contribution in [0.5, 0.6) is 0 Å². The van der Waals surface area contributed by atoms with E-state index < -0.39 is 11.6 Å². The summed E-state index contributed by atoms with van der Waals surface area (Å²) in [6.07, 6.45) is 3.40. The molecule has 0 saturated carbocycles. The van der Waals surface area contributed by atoms with E-state index in [1.54, 1.807) is 25.4 Å². The fourth-order valence-corrected chi connectivity index (χ4v) is 1.74. The standard InChI is InChI=1S/C14H14F2N2/c1-10(12-3-2-4-13(15)14(12)16)18-9-11-5-7-17-8-6-11/h2-8,10,18H,9H2,1H3. The van der Waals surface area contributed by atoms with Crippen LogP contribution in [-0.2, 0) is 6.54 Å². The van der Waals surface area contributed by atoms with E-state index in [-0.39, 0.29) is 6.04 Å². The summed E-state index contributed by atoms with van der Waals surface area (Å²) < 4.78 is 26.6. The molecule has 1 unspecified atom stereocenters. The predicted octanol–water partition coefficient (Wildman–Crippen LogP) is 3.21. The Hall–Kier alpha value is -1.81. The molecule has 2 nitrogen and oxygen atoms in total. The van der Waals surface area contributed by atoms with Gasteiger partial charge in [0, 0.05) is 30.5 Å². The maximum absolute atomic E-state index is 13.6. The van der Waals surface area contributed by atoms with Crippen molar-refractivity contribution in [1.82, 2.24) is 10.3 Å². The van der Waals surface area contributed by atoms with Gasteiger partial charge in [-0.1, -0.05) is 12.1 Å². The molecule has 4 heteroatoms. The summed E-state index contributed by atoms with van der Waals surface area (Å²) in [5.74, 6) is -1.60. The minimum Gasteiger partial charge on any atom is -0.306 e. The number of rotatable bonds is 4. The van der Waals surface area contributed by atoms with Crippen molar-refractivity contribution in [2.24, 2.45) is 0 Å². The summed E-state index contributed by atoms with van der Waals surface area (Å²) in [5, 5.41) is 3.15. The van der Waals surface area contributed by atoms with Crippen molar-refractivity contribution in [2.75, 3.05) is 0 Å². The first-order valence-electron chi connectivity index (χ1n) is 5.74. The van der Waals surface area contributed by atoms with Crippen molar-refractivity contribution in [3.8, 4) is 0 Å². The van der Waals surface area contributed by atoms with Gasteiger partial charge < -0.3 is 5.32 Å². The van der Waals surface area contributed by atoms with E-state index in [9.17, 15) is 8.78 Å². The second-order valence-corrected chi connectivity index (χ2v) is 4.10. The van der Waals surface area contributed by atoms with Gasteiger partial charge in [0.15, 0.2) is 11.6 Å². The van der Waals surface area contributed by atoms with E-state index in [1.165, 1.54) is 6.07 Å². The summed E-state index contributed by atoms with van der Waals surface area (Å²) in [4.78, 5) is 3.92. The van der Waals surface area contributed by atoms with Crippen LogP contribution in [0.3, 0.4) is 0 Å². The number of halogens is 2. The maximum Gasteiger partial charge on any atom is 0.163 e. The number of nitrogens with zero attached hydrogens (tertiary/aromatic N) is 1. The highest BCUT2D eigenvalue weighted by Gasteiger charge is 2.13.